The van der Waals surface area contributed by atoms with E-state index in [0.717, 1.165) is 18.9 Å². The fraction of sp³-hybridized carbons (Fsp3) is 0.933. The molecule has 1 saturated heterocycles. The maximum absolute atomic E-state index is 4.26. The molecule has 118 valence electrons. The SMILES string of the molecule is CCC(C)NC(=NC)NCCCN1CCCN(C)CC1. The third-order valence-corrected chi connectivity index (χ3v) is 3.97. The molecule has 0 bridgehead atoms. The van der Waals surface area contributed by atoms with Gasteiger partial charge in [0.25, 0.3) is 0 Å². The molecule has 1 atom stereocenters. The summed E-state index contributed by atoms with van der Waals surface area (Å²) < 4.78 is 0. The van der Waals surface area contributed by atoms with Crippen LogP contribution in [0.5, 0.6) is 0 Å². The Hall–Kier alpha value is -0.810. The minimum Gasteiger partial charge on any atom is -0.356 e. The van der Waals surface area contributed by atoms with Crippen molar-refractivity contribution in [3.63, 3.8) is 0 Å². The monoisotopic (exact) mass is 283 g/mol. The van der Waals surface area contributed by atoms with E-state index in [1.807, 2.05) is 7.05 Å². The van der Waals surface area contributed by atoms with E-state index >= 15 is 0 Å². The van der Waals surface area contributed by atoms with Crippen molar-refractivity contribution in [2.24, 2.45) is 4.99 Å². The predicted molar refractivity (Wildman–Crippen MR) is 87.4 cm³/mol. The van der Waals surface area contributed by atoms with E-state index < -0.39 is 0 Å². The summed E-state index contributed by atoms with van der Waals surface area (Å²) in [6.45, 7) is 11.4. The van der Waals surface area contributed by atoms with Gasteiger partial charge in [0.05, 0.1) is 0 Å². The van der Waals surface area contributed by atoms with Gasteiger partial charge in [-0.2, -0.15) is 0 Å². The molecule has 0 aliphatic carbocycles. The van der Waals surface area contributed by atoms with Gasteiger partial charge in [0, 0.05) is 32.7 Å². The quantitative estimate of drug-likeness (QED) is 0.433. The normalized spacial score (nSPS) is 20.5. The number of nitrogens with zero attached hydrogens (tertiary/aromatic N) is 3. The molecule has 0 aromatic heterocycles. The second-order valence-corrected chi connectivity index (χ2v) is 5.80. The fourth-order valence-corrected chi connectivity index (χ4v) is 2.36. The van der Waals surface area contributed by atoms with E-state index in [4.69, 9.17) is 0 Å². The van der Waals surface area contributed by atoms with Crippen molar-refractivity contribution >= 4 is 5.96 Å². The van der Waals surface area contributed by atoms with Gasteiger partial charge in [-0.1, -0.05) is 6.92 Å². The van der Waals surface area contributed by atoms with Crippen molar-refractivity contribution in [2.75, 3.05) is 53.4 Å². The molecule has 1 heterocycles. The first-order chi connectivity index (χ1) is 9.65. The molecule has 0 radical (unpaired) electrons. The highest BCUT2D eigenvalue weighted by Gasteiger charge is 2.11. The standard InChI is InChI=1S/C15H33N5/c1-5-14(2)18-15(16-3)17-8-6-10-20-11-7-9-19(4)12-13-20/h14H,5-13H2,1-4H3,(H2,16,17,18). The zero-order chi connectivity index (χ0) is 14.8. The van der Waals surface area contributed by atoms with Gasteiger partial charge in [-0.25, -0.2) is 0 Å². The molecule has 1 rings (SSSR count). The van der Waals surface area contributed by atoms with Crippen LogP contribution in [0.1, 0.15) is 33.1 Å². The minimum atomic E-state index is 0.474. The van der Waals surface area contributed by atoms with Crippen molar-refractivity contribution in [1.82, 2.24) is 20.4 Å². The van der Waals surface area contributed by atoms with Gasteiger partial charge in [0.2, 0.25) is 0 Å². The maximum Gasteiger partial charge on any atom is 0.191 e. The first kappa shape index (κ1) is 17.2. The smallest absolute Gasteiger partial charge is 0.191 e. The molecule has 0 aromatic carbocycles. The van der Waals surface area contributed by atoms with Crippen molar-refractivity contribution in [3.8, 4) is 0 Å². The van der Waals surface area contributed by atoms with E-state index in [1.165, 1.54) is 45.6 Å². The Morgan fingerprint density at radius 1 is 1.25 bits per heavy atom. The van der Waals surface area contributed by atoms with E-state index in [2.05, 4.69) is 46.3 Å². The number of rotatable bonds is 6. The van der Waals surface area contributed by atoms with Gasteiger partial charge in [-0.05, 0) is 52.9 Å². The van der Waals surface area contributed by atoms with Crippen molar-refractivity contribution in [2.45, 2.75) is 39.2 Å². The molecule has 1 fully saturated rings. The summed E-state index contributed by atoms with van der Waals surface area (Å²) in [5, 5.41) is 6.79. The molecule has 20 heavy (non-hydrogen) atoms. The average Bonchev–Trinajstić information content (AvgIpc) is 2.66. The lowest BCUT2D eigenvalue weighted by molar-refractivity contribution is 0.274. The molecule has 1 aliphatic heterocycles. The largest absolute Gasteiger partial charge is 0.356 e. The van der Waals surface area contributed by atoms with Crippen LogP contribution in [0.25, 0.3) is 0 Å². The second kappa shape index (κ2) is 10.00. The third-order valence-electron chi connectivity index (χ3n) is 3.97. The number of likely N-dealkylation sites (N-methyl/N-ethyl adjacent to an activating group) is 1. The van der Waals surface area contributed by atoms with Crippen LogP contribution in [-0.4, -0.2) is 75.2 Å². The summed E-state index contributed by atoms with van der Waals surface area (Å²) in [5.41, 5.74) is 0. The molecule has 0 spiro atoms. The molecule has 1 aliphatic rings. The van der Waals surface area contributed by atoms with Crippen LogP contribution in [0.2, 0.25) is 0 Å². The molecule has 0 amide bonds. The van der Waals surface area contributed by atoms with E-state index in [-0.39, 0.29) is 0 Å². The Kier molecular flexibility index (Phi) is 8.62. The minimum absolute atomic E-state index is 0.474. The van der Waals surface area contributed by atoms with Crippen LogP contribution >= 0.6 is 0 Å². The molecule has 5 nitrogen and oxygen atoms in total. The summed E-state index contributed by atoms with van der Waals surface area (Å²) >= 11 is 0. The van der Waals surface area contributed by atoms with Crippen LogP contribution < -0.4 is 10.6 Å². The van der Waals surface area contributed by atoms with Gasteiger partial charge in [0.15, 0.2) is 5.96 Å². The number of nitrogens with one attached hydrogen (secondary N) is 2. The van der Waals surface area contributed by atoms with Gasteiger partial charge < -0.3 is 20.4 Å². The van der Waals surface area contributed by atoms with Crippen molar-refractivity contribution in [1.29, 1.82) is 0 Å². The lowest BCUT2D eigenvalue weighted by Crippen LogP contribution is -2.43. The molecule has 2 N–H and O–H groups in total. The topological polar surface area (TPSA) is 42.9 Å². The summed E-state index contributed by atoms with van der Waals surface area (Å²) in [6, 6.07) is 0.474. The summed E-state index contributed by atoms with van der Waals surface area (Å²) in [5.74, 6) is 0.926. The number of hydrogen-bond donors (Lipinski definition) is 2. The van der Waals surface area contributed by atoms with Crippen molar-refractivity contribution < 1.29 is 0 Å². The molecule has 5 heteroatoms. The van der Waals surface area contributed by atoms with Crippen LogP contribution in [0.3, 0.4) is 0 Å². The lowest BCUT2D eigenvalue weighted by Gasteiger charge is -2.21. The number of guanidine groups is 1. The molecule has 1 unspecified atom stereocenters. The Balaban J connectivity index is 2.14. The van der Waals surface area contributed by atoms with Gasteiger partial charge in [-0.15, -0.1) is 0 Å². The zero-order valence-corrected chi connectivity index (χ0v) is 13.8. The maximum atomic E-state index is 4.26. The number of aliphatic imine (C=N–C) groups is 1. The fourth-order valence-electron chi connectivity index (χ4n) is 2.36. The van der Waals surface area contributed by atoms with Crippen molar-refractivity contribution in [3.05, 3.63) is 0 Å². The molecule has 0 saturated carbocycles. The Labute approximate surface area is 124 Å². The van der Waals surface area contributed by atoms with Gasteiger partial charge >= 0.3 is 0 Å². The van der Waals surface area contributed by atoms with Gasteiger partial charge in [0.1, 0.15) is 0 Å². The van der Waals surface area contributed by atoms with E-state index in [9.17, 15) is 0 Å². The molecular weight excluding hydrogens is 250 g/mol. The highest BCUT2D eigenvalue weighted by molar-refractivity contribution is 5.79. The first-order valence-corrected chi connectivity index (χ1v) is 8.03. The zero-order valence-electron chi connectivity index (χ0n) is 13.8. The Morgan fingerprint density at radius 3 is 2.75 bits per heavy atom. The summed E-state index contributed by atoms with van der Waals surface area (Å²) in [6.07, 6.45) is 3.58. The van der Waals surface area contributed by atoms with Crippen LogP contribution in [0, 0.1) is 0 Å². The number of hydrogen-bond acceptors (Lipinski definition) is 3. The highest BCUT2D eigenvalue weighted by atomic mass is 15.2. The van der Waals surface area contributed by atoms with Crippen LogP contribution in [0.15, 0.2) is 4.99 Å². The molecular formula is C15H33N5. The summed E-state index contributed by atoms with van der Waals surface area (Å²) in [7, 11) is 4.05. The van der Waals surface area contributed by atoms with E-state index in [0.29, 0.717) is 6.04 Å². The van der Waals surface area contributed by atoms with Crippen LogP contribution in [-0.2, 0) is 0 Å². The third kappa shape index (κ3) is 7.10. The Morgan fingerprint density at radius 2 is 2.05 bits per heavy atom. The summed E-state index contributed by atoms with van der Waals surface area (Å²) in [4.78, 5) is 9.27. The predicted octanol–water partition coefficient (Wildman–Crippen LogP) is 0.978. The highest BCUT2D eigenvalue weighted by Crippen LogP contribution is 2.01. The van der Waals surface area contributed by atoms with Crippen LogP contribution in [0.4, 0.5) is 0 Å². The average molecular weight is 283 g/mol. The second-order valence-electron chi connectivity index (χ2n) is 5.80. The van der Waals surface area contributed by atoms with Gasteiger partial charge in [-0.3, -0.25) is 4.99 Å². The van der Waals surface area contributed by atoms with E-state index in [1.54, 1.807) is 0 Å². The first-order valence-electron chi connectivity index (χ1n) is 8.03. The lowest BCUT2D eigenvalue weighted by atomic mass is 10.3. The molecule has 0 aromatic rings. The Bertz CT molecular complexity index is 279.